The number of rotatable bonds is 2. The number of benzene rings is 1. The van der Waals surface area contributed by atoms with E-state index in [1.807, 2.05) is 39.0 Å². The van der Waals surface area contributed by atoms with Gasteiger partial charge in [0, 0.05) is 16.5 Å². The summed E-state index contributed by atoms with van der Waals surface area (Å²) in [5, 5.41) is 12.6. The monoisotopic (exact) mass is 337 g/mol. The molecule has 1 aromatic carbocycles. The van der Waals surface area contributed by atoms with Gasteiger partial charge >= 0.3 is 0 Å². The van der Waals surface area contributed by atoms with Crippen LogP contribution in [0.2, 0.25) is 0 Å². The quantitative estimate of drug-likeness (QED) is 0.872. The highest BCUT2D eigenvalue weighted by Gasteiger charge is 2.72. The molecule has 5 nitrogen and oxygen atoms in total. The van der Waals surface area contributed by atoms with Crippen LogP contribution in [0.3, 0.4) is 0 Å². The van der Waals surface area contributed by atoms with Gasteiger partial charge in [0.15, 0.2) is 5.58 Å². The normalized spacial score (nSPS) is 24.4. The van der Waals surface area contributed by atoms with Crippen LogP contribution in [0.25, 0.3) is 11.1 Å². The number of fused-ring (bicyclic) bond motifs is 1. The van der Waals surface area contributed by atoms with E-state index < -0.39 is 5.41 Å². The number of hydrogen-bond acceptors (Lipinski definition) is 4. The third kappa shape index (κ3) is 2.35. The fourth-order valence-electron chi connectivity index (χ4n) is 4.21. The van der Waals surface area contributed by atoms with Gasteiger partial charge in [-0.2, -0.15) is 5.26 Å². The van der Waals surface area contributed by atoms with E-state index in [1.54, 1.807) is 0 Å². The Hall–Kier alpha value is -2.35. The molecule has 2 aliphatic rings. The maximum absolute atomic E-state index is 12.8. The molecule has 2 aromatic rings. The summed E-state index contributed by atoms with van der Waals surface area (Å²) in [5.41, 5.74) is 0.996. The smallest absolute Gasteiger partial charge is 0.245 e. The molecule has 1 aromatic heterocycles. The van der Waals surface area contributed by atoms with Crippen molar-refractivity contribution in [2.45, 2.75) is 58.3 Å². The number of carbonyl (C=O) groups is 1. The molecule has 0 unspecified atom stereocenters. The first-order valence-electron chi connectivity index (χ1n) is 8.94. The molecule has 0 aliphatic heterocycles. The molecule has 130 valence electrons. The minimum Gasteiger partial charge on any atom is -0.440 e. The van der Waals surface area contributed by atoms with Gasteiger partial charge < -0.3 is 9.73 Å². The van der Waals surface area contributed by atoms with Crippen molar-refractivity contribution in [1.82, 2.24) is 4.98 Å². The van der Waals surface area contributed by atoms with Crippen molar-refractivity contribution in [2.24, 2.45) is 10.8 Å². The standard InChI is InChI=1S/C20H23N3O2/c1-18(2,3)17-23-14-10-13(6-7-15(14)25-17)22-16(24)20(12-21)11-19(20)8-4-5-9-19/h6-7,10H,4-5,8-9,11H2,1-3H3,(H,22,24)/t20-/m1/s1. The van der Waals surface area contributed by atoms with Gasteiger partial charge in [0.25, 0.3) is 0 Å². The molecule has 5 heteroatoms. The lowest BCUT2D eigenvalue weighted by molar-refractivity contribution is -0.120. The Kier molecular flexibility index (Phi) is 3.28. The maximum atomic E-state index is 12.8. The van der Waals surface area contributed by atoms with Crippen LogP contribution in [0, 0.1) is 22.2 Å². The highest BCUT2D eigenvalue weighted by Crippen LogP contribution is 2.71. The van der Waals surface area contributed by atoms with E-state index in [2.05, 4.69) is 16.4 Å². The molecule has 2 fully saturated rings. The number of carbonyl (C=O) groups excluding carboxylic acids is 1. The lowest BCUT2D eigenvalue weighted by Crippen LogP contribution is -2.27. The van der Waals surface area contributed by atoms with Gasteiger partial charge in [-0.25, -0.2) is 4.98 Å². The minimum atomic E-state index is -0.848. The number of oxazole rings is 1. The fourth-order valence-corrected chi connectivity index (χ4v) is 4.21. The Balaban J connectivity index is 1.59. The Morgan fingerprint density at radius 2 is 2.04 bits per heavy atom. The summed E-state index contributed by atoms with van der Waals surface area (Å²) in [6.07, 6.45) is 4.92. The summed E-state index contributed by atoms with van der Waals surface area (Å²) in [6.45, 7) is 6.14. The molecular weight excluding hydrogens is 314 g/mol. The molecule has 1 heterocycles. The number of anilines is 1. The molecule has 0 bridgehead atoms. The van der Waals surface area contributed by atoms with E-state index in [0.717, 1.165) is 31.2 Å². The lowest BCUT2D eigenvalue weighted by atomic mass is 9.91. The van der Waals surface area contributed by atoms with Crippen molar-refractivity contribution in [3.63, 3.8) is 0 Å². The van der Waals surface area contributed by atoms with Gasteiger partial charge in [-0.05, 0) is 37.5 Å². The number of aromatic nitrogens is 1. The van der Waals surface area contributed by atoms with Crippen LogP contribution in [-0.2, 0) is 10.2 Å². The summed E-state index contributed by atoms with van der Waals surface area (Å²) < 4.78 is 5.79. The zero-order chi connectivity index (χ0) is 17.9. The van der Waals surface area contributed by atoms with Gasteiger partial charge in [0.2, 0.25) is 11.8 Å². The average Bonchev–Trinajstić information content (AvgIpc) is 2.89. The van der Waals surface area contributed by atoms with Crippen LogP contribution in [-0.4, -0.2) is 10.9 Å². The van der Waals surface area contributed by atoms with Crippen LogP contribution in [0.1, 0.15) is 58.8 Å². The predicted molar refractivity (Wildman–Crippen MR) is 94.9 cm³/mol. The Morgan fingerprint density at radius 1 is 1.32 bits per heavy atom. The molecule has 2 aliphatic carbocycles. The summed E-state index contributed by atoms with van der Waals surface area (Å²) in [4.78, 5) is 17.3. The van der Waals surface area contributed by atoms with Crippen molar-refractivity contribution in [1.29, 1.82) is 5.26 Å². The maximum Gasteiger partial charge on any atom is 0.245 e. The van der Waals surface area contributed by atoms with E-state index in [-0.39, 0.29) is 16.7 Å². The van der Waals surface area contributed by atoms with Crippen molar-refractivity contribution in [2.75, 3.05) is 5.32 Å². The van der Waals surface area contributed by atoms with Gasteiger partial charge in [-0.15, -0.1) is 0 Å². The summed E-state index contributed by atoms with van der Waals surface area (Å²) in [5.74, 6) is 0.502. The van der Waals surface area contributed by atoms with Crippen molar-refractivity contribution < 1.29 is 9.21 Å². The zero-order valence-corrected chi connectivity index (χ0v) is 15.0. The number of amides is 1. The summed E-state index contributed by atoms with van der Waals surface area (Å²) >= 11 is 0. The Morgan fingerprint density at radius 3 is 2.68 bits per heavy atom. The number of nitrogens with zero attached hydrogens (tertiary/aromatic N) is 2. The minimum absolute atomic E-state index is 0.0801. The van der Waals surface area contributed by atoms with Gasteiger partial charge in [0.05, 0.1) is 6.07 Å². The molecule has 2 saturated carbocycles. The van der Waals surface area contributed by atoms with E-state index >= 15 is 0 Å². The summed E-state index contributed by atoms with van der Waals surface area (Å²) in [7, 11) is 0. The van der Waals surface area contributed by atoms with Crippen molar-refractivity contribution >= 4 is 22.7 Å². The first kappa shape index (κ1) is 16.1. The first-order valence-corrected chi connectivity index (χ1v) is 8.94. The van der Waals surface area contributed by atoms with Gasteiger partial charge in [-0.3, -0.25) is 4.79 Å². The largest absolute Gasteiger partial charge is 0.440 e. The SMILES string of the molecule is CC(C)(C)c1nc2cc(NC(=O)[C@]3(C#N)CC34CCCC4)ccc2o1. The third-order valence-electron chi connectivity index (χ3n) is 5.81. The second-order valence-corrected chi connectivity index (χ2v) is 8.59. The van der Waals surface area contributed by atoms with E-state index in [9.17, 15) is 10.1 Å². The predicted octanol–water partition coefficient (Wildman–Crippen LogP) is 4.54. The van der Waals surface area contributed by atoms with Crippen LogP contribution < -0.4 is 5.32 Å². The van der Waals surface area contributed by atoms with E-state index in [4.69, 9.17) is 4.42 Å². The number of hydrogen-bond donors (Lipinski definition) is 1. The van der Waals surface area contributed by atoms with Crippen LogP contribution in [0.5, 0.6) is 0 Å². The molecule has 1 amide bonds. The Labute approximate surface area is 147 Å². The molecule has 1 N–H and O–H groups in total. The Bertz CT molecular complexity index is 894. The van der Waals surface area contributed by atoms with Gasteiger partial charge in [-0.1, -0.05) is 33.6 Å². The summed E-state index contributed by atoms with van der Waals surface area (Å²) in [6, 6.07) is 7.78. The average molecular weight is 337 g/mol. The van der Waals surface area contributed by atoms with Crippen molar-refractivity contribution in [3.8, 4) is 6.07 Å². The molecule has 0 radical (unpaired) electrons. The van der Waals surface area contributed by atoms with Crippen LogP contribution in [0.15, 0.2) is 22.6 Å². The highest BCUT2D eigenvalue weighted by atomic mass is 16.3. The fraction of sp³-hybridized carbons (Fsp3) is 0.550. The van der Waals surface area contributed by atoms with Gasteiger partial charge in [0.1, 0.15) is 10.9 Å². The molecule has 0 saturated heterocycles. The lowest BCUT2D eigenvalue weighted by Gasteiger charge is -2.15. The second kappa shape index (κ2) is 5.08. The first-order chi connectivity index (χ1) is 11.8. The number of nitrogens with one attached hydrogen (secondary N) is 1. The zero-order valence-electron chi connectivity index (χ0n) is 15.0. The van der Waals surface area contributed by atoms with Crippen LogP contribution >= 0.6 is 0 Å². The van der Waals surface area contributed by atoms with Crippen molar-refractivity contribution in [3.05, 3.63) is 24.1 Å². The van der Waals surface area contributed by atoms with E-state index in [0.29, 0.717) is 23.6 Å². The third-order valence-corrected chi connectivity index (χ3v) is 5.81. The molecule has 25 heavy (non-hydrogen) atoms. The number of nitriles is 1. The molecule has 1 spiro atoms. The molecular formula is C20H23N3O2. The highest BCUT2D eigenvalue weighted by molar-refractivity contribution is 6.01. The van der Waals surface area contributed by atoms with Crippen LogP contribution in [0.4, 0.5) is 5.69 Å². The van der Waals surface area contributed by atoms with E-state index in [1.165, 1.54) is 0 Å². The topological polar surface area (TPSA) is 78.9 Å². The molecule has 1 atom stereocenters. The molecule has 4 rings (SSSR count). The second-order valence-electron chi connectivity index (χ2n) is 8.59.